The Morgan fingerprint density at radius 2 is 1.70 bits per heavy atom. The van der Waals surface area contributed by atoms with Crippen molar-refractivity contribution in [3.05, 3.63) is 78.2 Å². The summed E-state index contributed by atoms with van der Waals surface area (Å²) in [5, 5.41) is 3.47. The van der Waals surface area contributed by atoms with E-state index in [2.05, 4.69) is 37.4 Å². The molecule has 43 heavy (non-hydrogen) atoms. The second-order valence-electron chi connectivity index (χ2n) is 10.9. The molecule has 0 amide bonds. The minimum Gasteiger partial charge on any atom is -0.481 e. The number of rotatable bonds is 9. The number of methoxy groups -OCH3 is 1. The van der Waals surface area contributed by atoms with E-state index < -0.39 is 17.8 Å². The average molecular weight is 587 g/mol. The third-order valence-electron chi connectivity index (χ3n) is 7.24. The summed E-state index contributed by atoms with van der Waals surface area (Å²) < 4.78 is 40.6. The Bertz CT molecular complexity index is 1740. The van der Waals surface area contributed by atoms with E-state index in [1.807, 2.05) is 43.0 Å². The molecule has 10 nitrogen and oxygen atoms in total. The average Bonchev–Trinajstić information content (AvgIpc) is 3.41. The fraction of sp³-hybridized carbons (Fsp3) is 0.323. The van der Waals surface area contributed by atoms with E-state index in [4.69, 9.17) is 14.5 Å². The number of morpholine rings is 1. The second kappa shape index (κ2) is 11.9. The molecule has 4 heterocycles. The van der Waals surface area contributed by atoms with Crippen LogP contribution < -0.4 is 15.0 Å². The van der Waals surface area contributed by atoms with Gasteiger partial charge in [0.05, 0.1) is 31.4 Å². The number of aromatic nitrogens is 6. The largest absolute Gasteiger partial charge is 0.481 e. The van der Waals surface area contributed by atoms with E-state index in [1.54, 1.807) is 37.6 Å². The Morgan fingerprint density at radius 1 is 0.953 bits per heavy atom. The normalized spacial score (nSPS) is 14.0. The summed E-state index contributed by atoms with van der Waals surface area (Å²) in [5.74, 6) is 0.843. The zero-order chi connectivity index (χ0) is 30.0. The predicted octanol–water partition coefficient (Wildman–Crippen LogP) is 5.49. The molecule has 1 aliphatic heterocycles. The number of benzene rings is 2. The van der Waals surface area contributed by atoms with Crippen LogP contribution >= 0.6 is 0 Å². The van der Waals surface area contributed by atoms with Crippen molar-refractivity contribution in [3.63, 3.8) is 0 Å². The summed E-state index contributed by atoms with van der Waals surface area (Å²) in [6, 6.07) is 19.0. The van der Waals surface area contributed by atoms with Gasteiger partial charge >= 0.3 is 0 Å². The highest BCUT2D eigenvalue weighted by molar-refractivity contribution is 5.77. The number of para-hydroxylation sites is 2. The molecule has 0 spiro atoms. The fourth-order valence-electron chi connectivity index (χ4n) is 5.28. The van der Waals surface area contributed by atoms with Gasteiger partial charge in [0.15, 0.2) is 5.82 Å². The maximum Gasteiger partial charge on any atom is 0.296 e. The molecule has 0 unspecified atom stereocenters. The molecule has 5 aromatic rings. The lowest BCUT2D eigenvalue weighted by atomic mass is 9.90. The monoisotopic (exact) mass is 586 g/mol. The zero-order valence-corrected chi connectivity index (χ0v) is 24.2. The highest BCUT2D eigenvalue weighted by Crippen LogP contribution is 2.31. The highest BCUT2D eigenvalue weighted by atomic mass is 19.3. The number of halogens is 2. The molecule has 12 heteroatoms. The Hall–Kier alpha value is -4.71. The third-order valence-corrected chi connectivity index (χ3v) is 7.24. The van der Waals surface area contributed by atoms with Gasteiger partial charge in [-0.3, -0.25) is 4.57 Å². The van der Waals surface area contributed by atoms with E-state index in [1.165, 1.54) is 4.57 Å². The molecule has 1 fully saturated rings. The van der Waals surface area contributed by atoms with Gasteiger partial charge in [0, 0.05) is 30.9 Å². The Balaban J connectivity index is 1.39. The van der Waals surface area contributed by atoms with Crippen LogP contribution in [-0.4, -0.2) is 68.4 Å². The zero-order valence-electron chi connectivity index (χ0n) is 24.2. The Morgan fingerprint density at radius 3 is 2.49 bits per heavy atom. The number of hydrogen-bond donors (Lipinski definition) is 1. The number of pyridine rings is 1. The second-order valence-corrected chi connectivity index (χ2v) is 10.9. The van der Waals surface area contributed by atoms with Gasteiger partial charge in [-0.05, 0) is 55.2 Å². The maximum atomic E-state index is 14.2. The van der Waals surface area contributed by atoms with Crippen LogP contribution in [0.5, 0.6) is 5.88 Å². The summed E-state index contributed by atoms with van der Waals surface area (Å²) in [4.78, 5) is 24.5. The topological polar surface area (TPSA) is 103 Å². The molecule has 1 saturated heterocycles. The van der Waals surface area contributed by atoms with Crippen LogP contribution in [0.25, 0.3) is 28.1 Å². The fourth-order valence-corrected chi connectivity index (χ4v) is 5.28. The molecule has 0 radical (unpaired) electrons. The van der Waals surface area contributed by atoms with E-state index in [0.29, 0.717) is 55.6 Å². The minimum atomic E-state index is -2.83. The Labute approximate surface area is 247 Å². The number of alkyl halides is 2. The van der Waals surface area contributed by atoms with Crippen molar-refractivity contribution >= 4 is 22.9 Å². The first-order valence-electron chi connectivity index (χ1n) is 14.0. The van der Waals surface area contributed by atoms with Gasteiger partial charge < -0.3 is 19.7 Å². The van der Waals surface area contributed by atoms with Crippen molar-refractivity contribution in [1.29, 1.82) is 0 Å². The number of ether oxygens (including phenoxy) is 2. The van der Waals surface area contributed by atoms with Crippen molar-refractivity contribution in [3.8, 4) is 23.0 Å². The lowest BCUT2D eigenvalue weighted by Crippen LogP contribution is -2.39. The summed E-state index contributed by atoms with van der Waals surface area (Å²) >= 11 is 0. The van der Waals surface area contributed by atoms with Crippen LogP contribution in [0, 0.1) is 0 Å². The van der Waals surface area contributed by atoms with Gasteiger partial charge in [0.25, 0.3) is 6.43 Å². The van der Waals surface area contributed by atoms with Crippen LogP contribution in [0.2, 0.25) is 0 Å². The molecule has 1 aliphatic rings. The molecule has 0 saturated carbocycles. The number of imidazole rings is 1. The standard InChI is InChI=1S/C31H32F2N8O2/c1-31(2,19-21-8-4-5-9-22(21)20-12-13-34-25(18-20)42-3)39-28-36-29(40-14-16-43-17-15-40)38-30(37-28)41-24-11-7-6-10-23(24)35-27(41)26(32)33/h4-13,18,26H,14-17,19H2,1-3H3,(H,36,37,38,39). The van der Waals surface area contributed by atoms with Crippen molar-refractivity contribution in [2.75, 3.05) is 43.6 Å². The molecule has 6 rings (SSSR count). The molecule has 3 aromatic heterocycles. The SMILES string of the molecule is COc1cc(-c2ccccc2CC(C)(C)Nc2nc(N3CCOCC3)nc(-n3c(C(F)F)nc4ccccc43)n2)ccn1. The molecule has 1 N–H and O–H groups in total. The van der Waals surface area contributed by atoms with Crippen LogP contribution in [0.3, 0.4) is 0 Å². The summed E-state index contributed by atoms with van der Waals surface area (Å²) in [6.07, 6.45) is -0.494. The first-order valence-corrected chi connectivity index (χ1v) is 14.0. The third kappa shape index (κ3) is 6.09. The van der Waals surface area contributed by atoms with E-state index in [9.17, 15) is 8.78 Å². The van der Waals surface area contributed by atoms with Gasteiger partial charge in [0.1, 0.15) is 0 Å². The Kier molecular flexibility index (Phi) is 7.85. The number of fused-ring (bicyclic) bond motifs is 1. The van der Waals surface area contributed by atoms with Crippen molar-refractivity contribution in [2.45, 2.75) is 32.2 Å². The first kappa shape index (κ1) is 28.4. The van der Waals surface area contributed by atoms with E-state index >= 15 is 0 Å². The predicted molar refractivity (Wildman–Crippen MR) is 160 cm³/mol. The van der Waals surface area contributed by atoms with Crippen LogP contribution in [-0.2, 0) is 11.2 Å². The molecular weight excluding hydrogens is 554 g/mol. The van der Waals surface area contributed by atoms with Crippen LogP contribution in [0.15, 0.2) is 66.9 Å². The number of nitrogens with one attached hydrogen (secondary N) is 1. The van der Waals surface area contributed by atoms with Gasteiger partial charge in [0.2, 0.25) is 23.7 Å². The maximum absolute atomic E-state index is 14.2. The van der Waals surface area contributed by atoms with Crippen molar-refractivity contribution in [1.82, 2.24) is 29.5 Å². The summed E-state index contributed by atoms with van der Waals surface area (Å²) in [7, 11) is 1.59. The van der Waals surface area contributed by atoms with Gasteiger partial charge in [-0.15, -0.1) is 0 Å². The lowest BCUT2D eigenvalue weighted by Gasteiger charge is -2.30. The van der Waals surface area contributed by atoms with Crippen LogP contribution in [0.1, 0.15) is 31.7 Å². The highest BCUT2D eigenvalue weighted by Gasteiger charge is 2.27. The molecule has 222 valence electrons. The molecule has 0 bridgehead atoms. The smallest absolute Gasteiger partial charge is 0.296 e. The molecular formula is C31H32F2N8O2. The van der Waals surface area contributed by atoms with Crippen LogP contribution in [0.4, 0.5) is 20.7 Å². The molecule has 2 aromatic carbocycles. The summed E-state index contributed by atoms with van der Waals surface area (Å²) in [6.45, 7) is 6.27. The first-order chi connectivity index (χ1) is 20.8. The van der Waals surface area contributed by atoms with E-state index in [-0.39, 0.29) is 11.9 Å². The minimum absolute atomic E-state index is 0.0723. The quantitative estimate of drug-likeness (QED) is 0.240. The summed E-state index contributed by atoms with van der Waals surface area (Å²) in [5.41, 5.74) is 3.51. The van der Waals surface area contributed by atoms with Gasteiger partial charge in [-0.1, -0.05) is 36.4 Å². The number of anilines is 2. The van der Waals surface area contributed by atoms with Crippen molar-refractivity contribution < 1.29 is 18.3 Å². The molecule has 0 aliphatic carbocycles. The molecule has 0 atom stereocenters. The van der Waals surface area contributed by atoms with Gasteiger partial charge in [-0.2, -0.15) is 15.0 Å². The number of nitrogens with zero attached hydrogens (tertiary/aromatic N) is 7. The van der Waals surface area contributed by atoms with E-state index in [0.717, 1.165) is 16.7 Å². The lowest BCUT2D eigenvalue weighted by molar-refractivity contribution is 0.122. The number of hydrogen-bond acceptors (Lipinski definition) is 9. The van der Waals surface area contributed by atoms with Crippen molar-refractivity contribution in [2.24, 2.45) is 0 Å². The van der Waals surface area contributed by atoms with Gasteiger partial charge in [-0.25, -0.2) is 18.7 Å².